The quantitative estimate of drug-likeness (QED) is 0.0805. The van der Waals surface area contributed by atoms with E-state index in [-0.39, 0.29) is 34.6 Å². The topological polar surface area (TPSA) is 154 Å². The molecule has 0 amide bonds. The predicted molar refractivity (Wildman–Crippen MR) is 157 cm³/mol. The van der Waals surface area contributed by atoms with Gasteiger partial charge in [-0.05, 0) is 31.0 Å². The van der Waals surface area contributed by atoms with Gasteiger partial charge in [0.1, 0.15) is 17.8 Å². The Bertz CT molecular complexity index is 1630. The molecule has 0 aliphatic heterocycles. The van der Waals surface area contributed by atoms with Crippen molar-refractivity contribution in [3.63, 3.8) is 0 Å². The van der Waals surface area contributed by atoms with Crippen LogP contribution in [0.2, 0.25) is 10.2 Å². The molecule has 2 aromatic heterocycles. The summed E-state index contributed by atoms with van der Waals surface area (Å²) >= 11 is 12.4. The van der Waals surface area contributed by atoms with Gasteiger partial charge in [-0.1, -0.05) is 29.3 Å². The third kappa shape index (κ3) is 7.57. The van der Waals surface area contributed by atoms with E-state index in [2.05, 4.69) is 26.3 Å². The van der Waals surface area contributed by atoms with Crippen molar-refractivity contribution in [3.05, 3.63) is 75.9 Å². The van der Waals surface area contributed by atoms with Gasteiger partial charge in [-0.3, -0.25) is 9.98 Å². The van der Waals surface area contributed by atoms with Crippen molar-refractivity contribution >= 4 is 51.4 Å². The van der Waals surface area contributed by atoms with Crippen LogP contribution in [-0.4, -0.2) is 36.2 Å². The number of nitrogens with two attached hydrogens (primary N) is 2. The van der Waals surface area contributed by atoms with Crippen molar-refractivity contribution in [2.24, 2.45) is 16.5 Å². The highest BCUT2D eigenvalue weighted by molar-refractivity contribution is 6.33. The second-order valence-electron chi connectivity index (χ2n) is 8.67. The first-order valence-electron chi connectivity index (χ1n) is 12.4. The van der Waals surface area contributed by atoms with Crippen molar-refractivity contribution in [2.45, 2.75) is 19.4 Å². The average molecular weight is 598 g/mol. The van der Waals surface area contributed by atoms with E-state index in [9.17, 15) is 5.26 Å². The monoisotopic (exact) mass is 597 g/mol. The highest BCUT2D eigenvalue weighted by atomic mass is 35.5. The van der Waals surface area contributed by atoms with E-state index in [0.29, 0.717) is 58.5 Å². The lowest BCUT2D eigenvalue weighted by Crippen LogP contribution is -2.23. The SMILES string of the molecule is COc1cc2c(Nc3cc(F)c(OCc4cccc(Cl)n4)cc3Cl)c(C#N)cnc2cc1OCCCCN=C(N)N. The smallest absolute Gasteiger partial charge is 0.185 e. The summed E-state index contributed by atoms with van der Waals surface area (Å²) < 4.78 is 32.0. The molecule has 5 N–H and O–H groups in total. The molecular weight excluding hydrogens is 572 g/mol. The van der Waals surface area contributed by atoms with E-state index in [1.165, 1.54) is 25.4 Å². The number of anilines is 2. The van der Waals surface area contributed by atoms with E-state index >= 15 is 4.39 Å². The summed E-state index contributed by atoms with van der Waals surface area (Å²) in [6.45, 7) is 0.901. The fourth-order valence-electron chi connectivity index (χ4n) is 3.85. The minimum atomic E-state index is -0.663. The minimum Gasteiger partial charge on any atom is -0.493 e. The van der Waals surface area contributed by atoms with Crippen LogP contribution in [0.25, 0.3) is 10.9 Å². The normalized spacial score (nSPS) is 10.6. The number of hydrogen-bond acceptors (Lipinski definition) is 8. The molecule has 0 aliphatic rings. The second kappa shape index (κ2) is 13.7. The Balaban J connectivity index is 1.57. The first-order chi connectivity index (χ1) is 19.8. The predicted octanol–water partition coefficient (Wildman–Crippen LogP) is 5.71. The van der Waals surface area contributed by atoms with Gasteiger partial charge in [0.2, 0.25) is 0 Å². The van der Waals surface area contributed by atoms with Crippen LogP contribution in [0.3, 0.4) is 0 Å². The number of halogens is 3. The maximum absolute atomic E-state index is 15.0. The standard InChI is InChI=1S/C28H26Cl2FN7O3/c1-39-24-9-18-21(12-25(24)40-8-3-2-7-35-28(33)34)36-14-16(13-32)27(18)38-22-11-20(31)23(10-19(22)29)41-15-17-5-4-6-26(30)37-17/h4-6,9-12,14H,2-3,7-8,15H2,1H3,(H,36,38)(H4,33,34,35). The van der Waals surface area contributed by atoms with Crippen LogP contribution in [0.5, 0.6) is 17.2 Å². The van der Waals surface area contributed by atoms with Crippen LogP contribution < -0.4 is 31.0 Å². The number of hydrogen-bond donors (Lipinski definition) is 3. The molecule has 41 heavy (non-hydrogen) atoms. The molecule has 13 heteroatoms. The van der Waals surface area contributed by atoms with Gasteiger partial charge in [-0.15, -0.1) is 0 Å². The van der Waals surface area contributed by atoms with Crippen molar-refractivity contribution in [2.75, 3.05) is 25.6 Å². The minimum absolute atomic E-state index is 0.00533. The molecule has 0 bridgehead atoms. The van der Waals surface area contributed by atoms with Crippen LogP contribution in [0.15, 0.2) is 53.7 Å². The molecule has 212 valence electrons. The molecule has 0 atom stereocenters. The highest BCUT2D eigenvalue weighted by Crippen LogP contribution is 2.39. The van der Waals surface area contributed by atoms with Crippen molar-refractivity contribution in [1.29, 1.82) is 5.26 Å². The highest BCUT2D eigenvalue weighted by Gasteiger charge is 2.17. The second-order valence-corrected chi connectivity index (χ2v) is 9.46. The molecule has 0 aliphatic carbocycles. The molecule has 0 unspecified atom stereocenters. The zero-order chi connectivity index (χ0) is 29.4. The Hall–Kier alpha value is -4.53. The molecule has 0 saturated heterocycles. The average Bonchev–Trinajstić information content (AvgIpc) is 2.95. The van der Waals surface area contributed by atoms with Crippen molar-refractivity contribution < 1.29 is 18.6 Å². The van der Waals surface area contributed by atoms with Gasteiger partial charge in [0.15, 0.2) is 29.0 Å². The lowest BCUT2D eigenvalue weighted by molar-refractivity contribution is 0.286. The van der Waals surface area contributed by atoms with E-state index < -0.39 is 5.82 Å². The lowest BCUT2D eigenvalue weighted by atomic mass is 10.1. The summed E-state index contributed by atoms with van der Waals surface area (Å²) in [5.74, 6) is 0.226. The summed E-state index contributed by atoms with van der Waals surface area (Å²) in [5.41, 5.74) is 12.5. The molecular formula is C28H26Cl2FN7O3. The van der Waals surface area contributed by atoms with E-state index in [1.807, 2.05) is 0 Å². The van der Waals surface area contributed by atoms with Crippen LogP contribution >= 0.6 is 23.2 Å². The molecule has 0 radical (unpaired) electrons. The number of fused-ring (bicyclic) bond motifs is 1. The van der Waals surface area contributed by atoms with Crippen molar-refractivity contribution in [1.82, 2.24) is 9.97 Å². The summed E-state index contributed by atoms with van der Waals surface area (Å²) in [6.07, 6.45) is 2.87. The first kappa shape index (κ1) is 29.5. The van der Waals surface area contributed by atoms with Gasteiger partial charge in [-0.2, -0.15) is 5.26 Å². The maximum atomic E-state index is 15.0. The van der Waals surface area contributed by atoms with E-state index in [1.54, 1.807) is 30.3 Å². The lowest BCUT2D eigenvalue weighted by Gasteiger charge is -2.17. The molecule has 0 spiro atoms. The number of ether oxygens (including phenoxy) is 3. The molecule has 0 fully saturated rings. The van der Waals surface area contributed by atoms with E-state index in [4.69, 9.17) is 48.9 Å². The van der Waals surface area contributed by atoms with Gasteiger partial charge in [-0.25, -0.2) is 9.37 Å². The number of benzene rings is 2. The number of guanidine groups is 1. The largest absolute Gasteiger partial charge is 0.493 e. The fourth-order valence-corrected chi connectivity index (χ4v) is 4.23. The van der Waals surface area contributed by atoms with Gasteiger partial charge >= 0.3 is 0 Å². The fraction of sp³-hybridized carbons (Fsp3) is 0.214. The number of pyridine rings is 2. The zero-order valence-electron chi connectivity index (χ0n) is 22.0. The molecule has 4 rings (SSSR count). The maximum Gasteiger partial charge on any atom is 0.185 e. The Morgan fingerprint density at radius 2 is 1.93 bits per heavy atom. The van der Waals surface area contributed by atoms with Gasteiger partial charge in [0, 0.05) is 36.3 Å². The number of aromatic nitrogens is 2. The van der Waals surface area contributed by atoms with Crippen LogP contribution in [0, 0.1) is 17.1 Å². The first-order valence-corrected chi connectivity index (χ1v) is 13.1. The van der Waals surface area contributed by atoms with Crippen LogP contribution in [-0.2, 0) is 6.61 Å². The molecule has 2 heterocycles. The molecule has 2 aromatic carbocycles. The number of unbranched alkanes of at least 4 members (excludes halogenated alkanes) is 1. The van der Waals surface area contributed by atoms with E-state index in [0.717, 1.165) is 6.42 Å². The zero-order valence-corrected chi connectivity index (χ0v) is 23.5. The molecule has 10 nitrogen and oxygen atoms in total. The third-order valence-corrected chi connectivity index (χ3v) is 6.33. The summed E-state index contributed by atoms with van der Waals surface area (Å²) in [7, 11) is 1.51. The molecule has 0 saturated carbocycles. The Labute approximate surface area is 245 Å². The number of nitriles is 1. The van der Waals surface area contributed by atoms with Crippen molar-refractivity contribution in [3.8, 4) is 23.3 Å². The number of aliphatic imine (C=N–C) groups is 1. The summed E-state index contributed by atoms with van der Waals surface area (Å²) in [5, 5.41) is 13.9. The summed E-state index contributed by atoms with van der Waals surface area (Å²) in [6, 6.07) is 13.1. The summed E-state index contributed by atoms with van der Waals surface area (Å²) in [4.78, 5) is 12.5. The Kier molecular flexibility index (Phi) is 9.84. The number of nitrogens with one attached hydrogen (secondary N) is 1. The van der Waals surface area contributed by atoms with Gasteiger partial charge < -0.3 is 31.0 Å². The van der Waals surface area contributed by atoms with Crippen LogP contribution in [0.4, 0.5) is 15.8 Å². The molecule has 4 aromatic rings. The van der Waals surface area contributed by atoms with Gasteiger partial charge in [0.25, 0.3) is 0 Å². The Morgan fingerprint density at radius 1 is 1.10 bits per heavy atom. The number of nitrogens with zero attached hydrogens (tertiary/aromatic N) is 4. The number of rotatable bonds is 12. The number of methoxy groups -OCH3 is 1. The van der Waals surface area contributed by atoms with Crippen LogP contribution in [0.1, 0.15) is 24.1 Å². The third-order valence-electron chi connectivity index (χ3n) is 5.81. The van der Waals surface area contributed by atoms with Gasteiger partial charge in [0.05, 0.1) is 46.9 Å². The Morgan fingerprint density at radius 3 is 2.66 bits per heavy atom.